The number of carboxylic acids is 1. The van der Waals surface area contributed by atoms with Gasteiger partial charge >= 0.3 is 12.1 Å². The Morgan fingerprint density at radius 3 is 2.58 bits per heavy atom. The molecular weight excluding hydrogens is 334 g/mol. The maximum Gasteiger partial charge on any atom is 0.411 e. The molecule has 1 fully saturated rings. The van der Waals surface area contributed by atoms with E-state index in [2.05, 4.69) is 4.98 Å². The number of aromatic nitrogens is 2. The van der Waals surface area contributed by atoms with Crippen molar-refractivity contribution in [3.8, 4) is 0 Å². The van der Waals surface area contributed by atoms with Gasteiger partial charge in [0.2, 0.25) is 0 Å². The van der Waals surface area contributed by atoms with Crippen LogP contribution in [0.3, 0.4) is 0 Å². The number of hydrogen-bond donors (Lipinski definition) is 1. The molecule has 1 amide bonds. The summed E-state index contributed by atoms with van der Waals surface area (Å²) in [5.41, 5.74) is 1.34. The van der Waals surface area contributed by atoms with Crippen LogP contribution in [-0.2, 0) is 16.1 Å². The van der Waals surface area contributed by atoms with Crippen molar-refractivity contribution in [2.45, 2.75) is 51.4 Å². The van der Waals surface area contributed by atoms with Gasteiger partial charge in [-0.2, -0.15) is 0 Å². The Bertz CT molecular complexity index is 768. The van der Waals surface area contributed by atoms with Crippen molar-refractivity contribution in [1.29, 1.82) is 0 Å². The molecule has 0 saturated heterocycles. The molecule has 7 nitrogen and oxygen atoms in total. The maximum absolute atomic E-state index is 12.7. The number of carbonyl (C=O) groups is 2. The summed E-state index contributed by atoms with van der Waals surface area (Å²) in [5, 5.41) is 9.84. The van der Waals surface area contributed by atoms with Gasteiger partial charge in [0.05, 0.1) is 18.2 Å². The molecule has 1 N–H and O–H groups in total. The monoisotopic (exact) mass is 357 g/mol. The number of amides is 1. The minimum absolute atomic E-state index is 0.0377. The lowest BCUT2D eigenvalue weighted by Crippen LogP contribution is -2.41. The molecule has 1 atom stereocenters. The summed E-state index contributed by atoms with van der Waals surface area (Å²) >= 11 is 0. The Labute approximate surface area is 152 Å². The second-order valence-electron chi connectivity index (χ2n) is 6.74. The van der Waals surface area contributed by atoms with E-state index >= 15 is 0 Å². The second-order valence-corrected chi connectivity index (χ2v) is 6.74. The number of nitrogens with zero attached hydrogens (tertiary/aromatic N) is 3. The van der Waals surface area contributed by atoms with Crippen molar-refractivity contribution in [3.63, 3.8) is 0 Å². The van der Waals surface area contributed by atoms with Gasteiger partial charge in [0.1, 0.15) is 6.61 Å². The third-order valence-corrected chi connectivity index (χ3v) is 4.40. The molecule has 26 heavy (non-hydrogen) atoms. The zero-order valence-electron chi connectivity index (χ0n) is 14.9. The summed E-state index contributed by atoms with van der Waals surface area (Å²) in [7, 11) is 0. The molecule has 1 aromatic heterocycles. The summed E-state index contributed by atoms with van der Waals surface area (Å²) in [6.45, 7) is 4.00. The summed E-state index contributed by atoms with van der Waals surface area (Å²) in [6.07, 6.45) is 4.05. The fourth-order valence-corrected chi connectivity index (χ4v) is 2.96. The van der Waals surface area contributed by atoms with Crippen LogP contribution in [0.4, 0.5) is 4.79 Å². The van der Waals surface area contributed by atoms with E-state index in [1.54, 1.807) is 10.9 Å². The number of benzene rings is 1. The third kappa shape index (κ3) is 3.87. The quantitative estimate of drug-likeness (QED) is 0.821. The zero-order valence-corrected chi connectivity index (χ0v) is 14.9. The Balaban J connectivity index is 1.83. The van der Waals surface area contributed by atoms with Crippen LogP contribution in [0.1, 0.15) is 50.0 Å². The van der Waals surface area contributed by atoms with Crippen molar-refractivity contribution in [3.05, 3.63) is 54.1 Å². The van der Waals surface area contributed by atoms with E-state index in [1.165, 1.54) is 11.1 Å². The number of rotatable bonds is 7. The number of hydrogen-bond acceptors (Lipinski definition) is 4. The summed E-state index contributed by atoms with van der Waals surface area (Å²) in [6, 6.07) is 8.14. The molecule has 1 heterocycles. The van der Waals surface area contributed by atoms with Crippen LogP contribution >= 0.6 is 0 Å². The Morgan fingerprint density at radius 1 is 1.31 bits per heavy atom. The fourth-order valence-electron chi connectivity index (χ4n) is 2.96. The number of imidazole rings is 1. The molecule has 0 bridgehead atoms. The average Bonchev–Trinajstić information content (AvgIpc) is 3.33. The first-order valence-electron chi connectivity index (χ1n) is 8.72. The maximum atomic E-state index is 12.7. The molecule has 2 aromatic rings. The topological polar surface area (TPSA) is 84.7 Å². The van der Waals surface area contributed by atoms with Crippen LogP contribution in [0.2, 0.25) is 0 Å². The predicted octanol–water partition coefficient (Wildman–Crippen LogP) is 3.39. The van der Waals surface area contributed by atoms with Gasteiger partial charge in [-0.05, 0) is 32.3 Å². The first-order valence-corrected chi connectivity index (χ1v) is 8.72. The molecular formula is C19H23N3O4. The molecule has 1 saturated carbocycles. The van der Waals surface area contributed by atoms with Crippen molar-refractivity contribution in [2.24, 2.45) is 0 Å². The van der Waals surface area contributed by atoms with E-state index in [0.717, 1.165) is 18.4 Å². The minimum atomic E-state index is -1.12. The molecule has 1 aliphatic rings. The van der Waals surface area contributed by atoms with Crippen molar-refractivity contribution in [2.75, 3.05) is 0 Å². The van der Waals surface area contributed by atoms with Gasteiger partial charge in [-0.3, -0.25) is 4.90 Å². The van der Waals surface area contributed by atoms with Crippen LogP contribution in [0, 0.1) is 0 Å². The first kappa shape index (κ1) is 18.0. The Kier molecular flexibility index (Phi) is 5.25. The highest BCUT2D eigenvalue weighted by Gasteiger charge is 2.43. The fraction of sp³-hybridized carbons (Fsp3) is 0.421. The molecule has 1 aliphatic carbocycles. The van der Waals surface area contributed by atoms with Crippen molar-refractivity contribution < 1.29 is 19.4 Å². The van der Waals surface area contributed by atoms with Gasteiger partial charge in [0, 0.05) is 12.1 Å². The average molecular weight is 357 g/mol. The van der Waals surface area contributed by atoms with E-state index in [-0.39, 0.29) is 18.7 Å². The summed E-state index contributed by atoms with van der Waals surface area (Å²) < 4.78 is 7.19. The summed E-state index contributed by atoms with van der Waals surface area (Å²) in [4.78, 5) is 30.2. The van der Waals surface area contributed by atoms with Gasteiger partial charge in [-0.1, -0.05) is 30.3 Å². The summed E-state index contributed by atoms with van der Waals surface area (Å²) in [5.74, 6) is -1.09. The molecule has 0 aliphatic heterocycles. The lowest BCUT2D eigenvalue weighted by molar-refractivity contribution is -0.143. The number of aliphatic carboxylic acids is 1. The molecule has 1 unspecified atom stereocenters. The Morgan fingerprint density at radius 2 is 2.00 bits per heavy atom. The van der Waals surface area contributed by atoms with E-state index in [0.29, 0.717) is 5.69 Å². The SMILES string of the molecule is CC(C)n1cncc1C(C(=O)O)N(C(=O)OCc1ccccc1)C1CC1. The molecule has 3 rings (SSSR count). The highest BCUT2D eigenvalue weighted by Crippen LogP contribution is 2.36. The van der Waals surface area contributed by atoms with Gasteiger partial charge in [-0.15, -0.1) is 0 Å². The van der Waals surface area contributed by atoms with Crippen LogP contribution in [0.25, 0.3) is 0 Å². The van der Waals surface area contributed by atoms with E-state index in [1.807, 2.05) is 44.2 Å². The second kappa shape index (κ2) is 7.59. The van der Waals surface area contributed by atoms with Crippen LogP contribution in [-0.4, -0.2) is 37.7 Å². The predicted molar refractivity (Wildman–Crippen MR) is 94.5 cm³/mol. The van der Waals surface area contributed by atoms with E-state index < -0.39 is 18.1 Å². The van der Waals surface area contributed by atoms with Crippen LogP contribution < -0.4 is 0 Å². The molecule has 138 valence electrons. The van der Waals surface area contributed by atoms with Crippen molar-refractivity contribution >= 4 is 12.1 Å². The van der Waals surface area contributed by atoms with Gasteiger partial charge in [-0.25, -0.2) is 14.6 Å². The lowest BCUT2D eigenvalue weighted by Gasteiger charge is -2.29. The lowest BCUT2D eigenvalue weighted by atomic mass is 10.1. The van der Waals surface area contributed by atoms with E-state index in [4.69, 9.17) is 4.74 Å². The minimum Gasteiger partial charge on any atom is -0.479 e. The zero-order chi connectivity index (χ0) is 18.7. The van der Waals surface area contributed by atoms with E-state index in [9.17, 15) is 14.7 Å². The van der Waals surface area contributed by atoms with Gasteiger partial charge in [0.15, 0.2) is 6.04 Å². The first-order chi connectivity index (χ1) is 12.5. The molecule has 0 spiro atoms. The highest BCUT2D eigenvalue weighted by molar-refractivity contribution is 5.81. The number of ether oxygens (including phenoxy) is 1. The Hall–Kier alpha value is -2.83. The normalized spacial score (nSPS) is 14.9. The smallest absolute Gasteiger partial charge is 0.411 e. The van der Waals surface area contributed by atoms with Gasteiger partial charge < -0.3 is 14.4 Å². The largest absolute Gasteiger partial charge is 0.479 e. The standard InChI is InChI=1S/C19H23N3O4/c1-13(2)21-12-20-10-16(21)17(18(23)24)22(15-8-9-15)19(25)26-11-14-6-4-3-5-7-14/h3-7,10,12-13,15,17H,8-9,11H2,1-2H3,(H,23,24). The molecule has 1 aromatic carbocycles. The van der Waals surface area contributed by atoms with Gasteiger partial charge in [0.25, 0.3) is 0 Å². The van der Waals surface area contributed by atoms with Crippen molar-refractivity contribution in [1.82, 2.24) is 14.5 Å². The third-order valence-electron chi connectivity index (χ3n) is 4.40. The molecule has 0 radical (unpaired) electrons. The van der Waals surface area contributed by atoms with Crippen LogP contribution in [0.5, 0.6) is 0 Å². The van der Waals surface area contributed by atoms with Crippen LogP contribution in [0.15, 0.2) is 42.9 Å². The highest BCUT2D eigenvalue weighted by atomic mass is 16.6. The number of carbonyl (C=O) groups excluding carboxylic acids is 1. The number of carboxylic acid groups (broad SMARTS) is 1. The molecule has 7 heteroatoms.